The van der Waals surface area contributed by atoms with Gasteiger partial charge in [0.05, 0.1) is 29.8 Å². The first-order chi connectivity index (χ1) is 13.5. The van der Waals surface area contributed by atoms with E-state index in [1.807, 2.05) is 31.2 Å². The number of ether oxygens (including phenoxy) is 1. The van der Waals surface area contributed by atoms with Gasteiger partial charge in [-0.1, -0.05) is 31.2 Å². The fraction of sp³-hybridized carbons (Fsp3) is 0.381. The highest BCUT2D eigenvalue weighted by molar-refractivity contribution is 7.92. The maximum absolute atomic E-state index is 13.2. The Balaban J connectivity index is 1.64. The molecule has 0 radical (unpaired) electrons. The largest absolute Gasteiger partial charge is 0.377 e. The summed E-state index contributed by atoms with van der Waals surface area (Å²) in [6.07, 6.45) is 1.49. The number of benzene rings is 2. The van der Waals surface area contributed by atoms with Gasteiger partial charge >= 0.3 is 0 Å². The second kappa shape index (κ2) is 7.56. The Morgan fingerprint density at radius 2 is 1.96 bits per heavy atom. The highest BCUT2D eigenvalue weighted by atomic mass is 32.2. The monoisotopic (exact) mass is 400 g/mol. The van der Waals surface area contributed by atoms with Gasteiger partial charge < -0.3 is 9.64 Å². The molecule has 2 aliphatic rings. The number of anilines is 1. The molecule has 7 heteroatoms. The Labute approximate surface area is 165 Å². The van der Waals surface area contributed by atoms with Crippen molar-refractivity contribution in [2.24, 2.45) is 0 Å². The summed E-state index contributed by atoms with van der Waals surface area (Å²) in [5.74, 6) is -0.144. The Morgan fingerprint density at radius 3 is 2.79 bits per heavy atom. The van der Waals surface area contributed by atoms with Gasteiger partial charge in [0.15, 0.2) is 0 Å². The van der Waals surface area contributed by atoms with E-state index in [-0.39, 0.29) is 16.8 Å². The molecular weight excluding hydrogens is 376 g/mol. The van der Waals surface area contributed by atoms with Crippen LogP contribution in [0.2, 0.25) is 0 Å². The number of rotatable bonds is 4. The smallest absolute Gasteiger partial charge is 0.264 e. The van der Waals surface area contributed by atoms with Crippen LogP contribution in [-0.2, 0) is 21.2 Å². The third-order valence-corrected chi connectivity index (χ3v) is 7.28. The maximum Gasteiger partial charge on any atom is 0.264 e. The van der Waals surface area contributed by atoms with Crippen LogP contribution in [0.5, 0.6) is 0 Å². The summed E-state index contributed by atoms with van der Waals surface area (Å²) in [5.41, 5.74) is 2.14. The van der Waals surface area contributed by atoms with Crippen molar-refractivity contribution in [1.29, 1.82) is 0 Å². The van der Waals surface area contributed by atoms with Gasteiger partial charge in [0.1, 0.15) is 0 Å². The molecule has 148 valence electrons. The number of hydrogen-bond donors (Lipinski definition) is 0. The van der Waals surface area contributed by atoms with E-state index in [4.69, 9.17) is 4.74 Å². The molecule has 0 aliphatic carbocycles. The molecule has 0 N–H and O–H groups in total. The van der Waals surface area contributed by atoms with Crippen LogP contribution in [0, 0.1) is 0 Å². The standard InChI is InChI=1S/C21H24N2O4S/c1-2-18-15-27-13-12-22(18)21(24)17-7-5-8-19(14-17)28(25,26)23-11-10-16-6-3-4-9-20(16)23/h3-9,14,18H,2,10-13,15H2,1H3. The fourth-order valence-corrected chi connectivity index (χ4v) is 5.45. The van der Waals surface area contributed by atoms with Crippen molar-refractivity contribution in [3.63, 3.8) is 0 Å². The highest BCUT2D eigenvalue weighted by Crippen LogP contribution is 2.33. The Kier molecular flexibility index (Phi) is 5.12. The van der Waals surface area contributed by atoms with Crippen LogP contribution in [0.3, 0.4) is 0 Å². The van der Waals surface area contributed by atoms with E-state index < -0.39 is 10.0 Å². The van der Waals surface area contributed by atoms with Crippen molar-refractivity contribution < 1.29 is 17.9 Å². The van der Waals surface area contributed by atoms with Gasteiger partial charge in [-0.25, -0.2) is 8.42 Å². The molecule has 28 heavy (non-hydrogen) atoms. The van der Waals surface area contributed by atoms with E-state index in [0.29, 0.717) is 38.3 Å². The quantitative estimate of drug-likeness (QED) is 0.791. The van der Waals surface area contributed by atoms with E-state index in [1.165, 1.54) is 10.4 Å². The number of para-hydroxylation sites is 1. The van der Waals surface area contributed by atoms with Gasteiger partial charge in [0, 0.05) is 18.7 Å². The molecule has 4 rings (SSSR count). The number of amides is 1. The Bertz CT molecular complexity index is 989. The van der Waals surface area contributed by atoms with Gasteiger partial charge in [0.2, 0.25) is 0 Å². The van der Waals surface area contributed by atoms with E-state index in [9.17, 15) is 13.2 Å². The summed E-state index contributed by atoms with van der Waals surface area (Å²) in [5, 5.41) is 0. The average Bonchev–Trinajstić information content (AvgIpc) is 3.18. The van der Waals surface area contributed by atoms with Gasteiger partial charge in [-0.2, -0.15) is 0 Å². The first-order valence-electron chi connectivity index (χ1n) is 9.62. The molecule has 2 aliphatic heterocycles. The highest BCUT2D eigenvalue weighted by Gasteiger charge is 2.32. The molecule has 0 aromatic heterocycles. The molecule has 6 nitrogen and oxygen atoms in total. The second-order valence-electron chi connectivity index (χ2n) is 7.12. The Morgan fingerprint density at radius 1 is 1.14 bits per heavy atom. The predicted octanol–water partition coefficient (Wildman–Crippen LogP) is 2.69. The first kappa shape index (κ1) is 19.0. The Hall–Kier alpha value is -2.38. The maximum atomic E-state index is 13.2. The molecule has 0 bridgehead atoms. The number of fused-ring (bicyclic) bond motifs is 1. The lowest BCUT2D eigenvalue weighted by Crippen LogP contribution is -2.48. The van der Waals surface area contributed by atoms with Gasteiger partial charge in [-0.3, -0.25) is 9.10 Å². The van der Waals surface area contributed by atoms with Crippen molar-refractivity contribution in [3.05, 3.63) is 59.7 Å². The number of sulfonamides is 1. The number of nitrogens with zero attached hydrogens (tertiary/aromatic N) is 2. The van der Waals surface area contributed by atoms with Crippen LogP contribution in [0.4, 0.5) is 5.69 Å². The third kappa shape index (κ3) is 3.29. The summed E-state index contributed by atoms with van der Waals surface area (Å²) in [7, 11) is -3.72. The van der Waals surface area contributed by atoms with Crippen LogP contribution in [0.15, 0.2) is 53.4 Å². The van der Waals surface area contributed by atoms with Crippen LogP contribution in [-0.4, -0.2) is 51.6 Å². The van der Waals surface area contributed by atoms with Crippen LogP contribution in [0.25, 0.3) is 0 Å². The van der Waals surface area contributed by atoms with Gasteiger partial charge in [0.25, 0.3) is 15.9 Å². The van der Waals surface area contributed by atoms with Crippen LogP contribution in [0.1, 0.15) is 29.3 Å². The zero-order chi connectivity index (χ0) is 19.7. The summed E-state index contributed by atoms with van der Waals surface area (Å²) in [6.45, 7) is 3.98. The van der Waals surface area contributed by atoms with Crippen molar-refractivity contribution in [1.82, 2.24) is 4.90 Å². The fourth-order valence-electron chi connectivity index (χ4n) is 3.90. The molecule has 1 fully saturated rings. The van der Waals surface area contributed by atoms with Crippen molar-refractivity contribution in [2.75, 3.05) is 30.6 Å². The van der Waals surface area contributed by atoms with E-state index >= 15 is 0 Å². The topological polar surface area (TPSA) is 66.9 Å². The molecule has 1 saturated heterocycles. The normalized spacial score (nSPS) is 19.5. The molecule has 0 spiro atoms. The lowest BCUT2D eigenvalue weighted by atomic mass is 10.1. The van der Waals surface area contributed by atoms with Crippen molar-refractivity contribution >= 4 is 21.6 Å². The third-order valence-electron chi connectivity index (χ3n) is 5.47. The number of hydrogen-bond acceptors (Lipinski definition) is 4. The molecule has 1 atom stereocenters. The summed E-state index contributed by atoms with van der Waals surface area (Å²) in [4.78, 5) is 15.0. The molecule has 0 saturated carbocycles. The molecule has 2 aromatic carbocycles. The minimum atomic E-state index is -3.72. The van der Waals surface area contributed by atoms with Crippen LogP contribution < -0.4 is 4.31 Å². The SMILES string of the molecule is CCC1COCCN1C(=O)c1cccc(S(=O)(=O)N2CCc3ccccc32)c1. The lowest BCUT2D eigenvalue weighted by Gasteiger charge is -2.35. The van der Waals surface area contributed by atoms with Gasteiger partial charge in [-0.05, 0) is 42.7 Å². The second-order valence-corrected chi connectivity index (χ2v) is 8.98. The van der Waals surface area contributed by atoms with Gasteiger partial charge in [-0.15, -0.1) is 0 Å². The lowest BCUT2D eigenvalue weighted by molar-refractivity contribution is -0.00281. The van der Waals surface area contributed by atoms with Crippen molar-refractivity contribution in [3.8, 4) is 0 Å². The first-order valence-corrected chi connectivity index (χ1v) is 11.1. The summed E-state index contributed by atoms with van der Waals surface area (Å²) >= 11 is 0. The number of carbonyl (C=O) groups is 1. The molecule has 1 amide bonds. The van der Waals surface area contributed by atoms with E-state index in [2.05, 4.69) is 0 Å². The summed E-state index contributed by atoms with van der Waals surface area (Å²) < 4.78 is 33.4. The molecule has 2 aromatic rings. The summed E-state index contributed by atoms with van der Waals surface area (Å²) in [6, 6.07) is 13.9. The zero-order valence-electron chi connectivity index (χ0n) is 15.9. The molecular formula is C21H24N2O4S. The van der Waals surface area contributed by atoms with E-state index in [1.54, 1.807) is 23.1 Å². The average molecular weight is 401 g/mol. The number of morpholine rings is 1. The molecule has 1 unspecified atom stereocenters. The zero-order valence-corrected chi connectivity index (χ0v) is 16.7. The number of carbonyl (C=O) groups excluding carboxylic acids is 1. The molecule has 2 heterocycles. The minimum absolute atomic E-state index is 0.0203. The van der Waals surface area contributed by atoms with Crippen molar-refractivity contribution in [2.45, 2.75) is 30.7 Å². The van der Waals surface area contributed by atoms with E-state index in [0.717, 1.165) is 17.7 Å². The predicted molar refractivity (Wildman–Crippen MR) is 107 cm³/mol. The van der Waals surface area contributed by atoms with Crippen LogP contribution >= 0.6 is 0 Å². The minimum Gasteiger partial charge on any atom is -0.377 e.